The van der Waals surface area contributed by atoms with E-state index < -0.39 is 0 Å². The molecule has 1 aliphatic carbocycles. The van der Waals surface area contributed by atoms with Crippen LogP contribution in [-0.2, 0) is 4.79 Å². The van der Waals surface area contributed by atoms with Crippen LogP contribution >= 0.6 is 24.0 Å². The van der Waals surface area contributed by atoms with Crippen LogP contribution in [0.2, 0.25) is 0 Å². The van der Waals surface area contributed by atoms with E-state index in [1.54, 1.807) is 0 Å². The molecule has 0 aromatic heterocycles. The molecule has 25 heavy (non-hydrogen) atoms. The molecule has 1 amide bonds. The van der Waals surface area contributed by atoms with Crippen molar-refractivity contribution < 1.29 is 4.79 Å². The molecule has 0 spiro atoms. The van der Waals surface area contributed by atoms with Gasteiger partial charge in [0.25, 0.3) is 0 Å². The Kier molecular flexibility index (Phi) is 11.4. The van der Waals surface area contributed by atoms with Crippen molar-refractivity contribution in [3.8, 4) is 0 Å². The molecule has 2 rings (SSSR count). The molecule has 1 heterocycles. The summed E-state index contributed by atoms with van der Waals surface area (Å²) in [5.41, 5.74) is 0. The van der Waals surface area contributed by atoms with Crippen molar-refractivity contribution in [2.45, 2.75) is 46.0 Å². The van der Waals surface area contributed by atoms with Crippen LogP contribution in [0, 0.1) is 11.8 Å². The predicted octanol–water partition coefficient (Wildman–Crippen LogP) is 1.81. The van der Waals surface area contributed by atoms with E-state index in [2.05, 4.69) is 39.7 Å². The second-order valence-electron chi connectivity index (χ2n) is 7.13. The van der Waals surface area contributed by atoms with E-state index in [1.165, 1.54) is 25.9 Å². The zero-order valence-electron chi connectivity index (χ0n) is 15.9. The monoisotopic (exact) mass is 465 g/mol. The van der Waals surface area contributed by atoms with Gasteiger partial charge < -0.3 is 20.9 Å². The highest BCUT2D eigenvalue weighted by molar-refractivity contribution is 14.0. The minimum absolute atomic E-state index is 0. The standard InChI is InChI=1S/C18H35N5O.HI/c1-3-19-18(22-11-10-20-17(24)16-5-6-16)21-9-4-12-23-13-7-15(2)8-14-23;/h15-16H,3-14H2,1-2H3,(H,20,24)(H2,19,21,22);1H. The average Bonchev–Trinajstić information content (AvgIpc) is 3.41. The number of carbonyl (C=O) groups excluding carboxylic acids is 1. The van der Waals surface area contributed by atoms with E-state index in [9.17, 15) is 4.79 Å². The lowest BCUT2D eigenvalue weighted by molar-refractivity contribution is -0.122. The summed E-state index contributed by atoms with van der Waals surface area (Å²) in [6, 6.07) is 0. The summed E-state index contributed by atoms with van der Waals surface area (Å²) in [6.45, 7) is 11.1. The molecule has 2 aliphatic rings. The van der Waals surface area contributed by atoms with Crippen LogP contribution in [0.3, 0.4) is 0 Å². The Bertz CT molecular complexity index is 406. The lowest BCUT2D eigenvalue weighted by Crippen LogP contribution is -2.42. The quantitative estimate of drug-likeness (QED) is 0.210. The Morgan fingerprint density at radius 2 is 1.76 bits per heavy atom. The molecule has 0 atom stereocenters. The van der Waals surface area contributed by atoms with Crippen molar-refractivity contribution in [3.63, 3.8) is 0 Å². The van der Waals surface area contributed by atoms with Crippen molar-refractivity contribution >= 4 is 35.8 Å². The third-order valence-electron chi connectivity index (χ3n) is 4.79. The highest BCUT2D eigenvalue weighted by Gasteiger charge is 2.28. The van der Waals surface area contributed by atoms with Gasteiger partial charge >= 0.3 is 0 Å². The zero-order valence-corrected chi connectivity index (χ0v) is 18.2. The lowest BCUT2D eigenvalue weighted by atomic mass is 9.99. The van der Waals surface area contributed by atoms with Crippen molar-refractivity contribution in [2.75, 3.05) is 45.8 Å². The van der Waals surface area contributed by atoms with E-state index >= 15 is 0 Å². The minimum atomic E-state index is 0. The summed E-state index contributed by atoms with van der Waals surface area (Å²) < 4.78 is 0. The summed E-state index contributed by atoms with van der Waals surface area (Å²) in [6.07, 6.45) is 5.88. The van der Waals surface area contributed by atoms with Gasteiger partial charge in [0, 0.05) is 32.1 Å². The first-order valence-electron chi connectivity index (χ1n) is 9.71. The molecule has 0 bridgehead atoms. The van der Waals surface area contributed by atoms with Crippen LogP contribution in [0.5, 0.6) is 0 Å². The van der Waals surface area contributed by atoms with Gasteiger partial charge in [-0.1, -0.05) is 6.92 Å². The van der Waals surface area contributed by atoms with Crippen LogP contribution < -0.4 is 16.0 Å². The highest BCUT2D eigenvalue weighted by atomic mass is 127. The molecule has 2 fully saturated rings. The first kappa shape index (κ1) is 22.5. The molecule has 0 radical (unpaired) electrons. The minimum Gasteiger partial charge on any atom is -0.357 e. The molecular weight excluding hydrogens is 429 g/mol. The molecule has 1 saturated heterocycles. The summed E-state index contributed by atoms with van der Waals surface area (Å²) >= 11 is 0. The number of piperidine rings is 1. The van der Waals surface area contributed by atoms with Crippen molar-refractivity contribution in [1.29, 1.82) is 0 Å². The second kappa shape index (κ2) is 12.7. The number of nitrogens with one attached hydrogen (secondary N) is 3. The maximum atomic E-state index is 11.6. The number of hydrogen-bond acceptors (Lipinski definition) is 3. The van der Waals surface area contributed by atoms with Gasteiger partial charge in [-0.3, -0.25) is 9.79 Å². The molecule has 1 aliphatic heterocycles. The van der Waals surface area contributed by atoms with Gasteiger partial charge in [0.1, 0.15) is 0 Å². The maximum absolute atomic E-state index is 11.6. The van der Waals surface area contributed by atoms with E-state index in [1.807, 2.05) is 0 Å². The van der Waals surface area contributed by atoms with Gasteiger partial charge in [-0.25, -0.2) is 0 Å². The van der Waals surface area contributed by atoms with Gasteiger partial charge in [-0.15, -0.1) is 24.0 Å². The topological polar surface area (TPSA) is 68.8 Å². The van der Waals surface area contributed by atoms with E-state index in [-0.39, 0.29) is 35.8 Å². The SMILES string of the molecule is CCNC(=NCCCN1CCC(C)CC1)NCCNC(=O)C1CC1.I. The molecule has 7 heteroatoms. The largest absolute Gasteiger partial charge is 0.357 e. The fourth-order valence-electron chi connectivity index (χ4n) is 2.97. The molecule has 0 aromatic rings. The van der Waals surface area contributed by atoms with E-state index in [0.717, 1.165) is 50.8 Å². The fourth-order valence-corrected chi connectivity index (χ4v) is 2.97. The summed E-state index contributed by atoms with van der Waals surface area (Å²) in [5, 5.41) is 9.52. The van der Waals surface area contributed by atoms with Gasteiger partial charge in [0.2, 0.25) is 5.91 Å². The fraction of sp³-hybridized carbons (Fsp3) is 0.889. The predicted molar refractivity (Wildman–Crippen MR) is 115 cm³/mol. The first-order valence-corrected chi connectivity index (χ1v) is 9.71. The Hall–Kier alpha value is -0.570. The first-order chi connectivity index (χ1) is 11.7. The Labute approximate surface area is 170 Å². The number of carbonyl (C=O) groups is 1. The third-order valence-corrected chi connectivity index (χ3v) is 4.79. The Morgan fingerprint density at radius 1 is 1.08 bits per heavy atom. The average molecular weight is 465 g/mol. The van der Waals surface area contributed by atoms with Crippen LogP contribution in [-0.4, -0.2) is 62.6 Å². The van der Waals surface area contributed by atoms with E-state index in [0.29, 0.717) is 13.1 Å². The number of amides is 1. The number of guanidine groups is 1. The zero-order chi connectivity index (χ0) is 17.2. The van der Waals surface area contributed by atoms with Crippen LogP contribution in [0.25, 0.3) is 0 Å². The second-order valence-corrected chi connectivity index (χ2v) is 7.13. The molecule has 0 unspecified atom stereocenters. The van der Waals surface area contributed by atoms with Gasteiger partial charge in [0.05, 0.1) is 0 Å². The van der Waals surface area contributed by atoms with E-state index in [4.69, 9.17) is 0 Å². The van der Waals surface area contributed by atoms with Gasteiger partial charge in [-0.2, -0.15) is 0 Å². The van der Waals surface area contributed by atoms with Gasteiger partial charge in [0.15, 0.2) is 5.96 Å². The molecule has 6 nitrogen and oxygen atoms in total. The third kappa shape index (κ3) is 9.63. The lowest BCUT2D eigenvalue weighted by Gasteiger charge is -2.29. The normalized spacial score (nSPS) is 19.2. The van der Waals surface area contributed by atoms with Crippen molar-refractivity contribution in [2.24, 2.45) is 16.8 Å². The summed E-state index contributed by atoms with van der Waals surface area (Å²) in [7, 11) is 0. The highest BCUT2D eigenvalue weighted by Crippen LogP contribution is 2.28. The Balaban J connectivity index is 0.00000312. The molecular formula is C18H36IN5O. The number of hydrogen-bond donors (Lipinski definition) is 3. The number of likely N-dealkylation sites (tertiary alicyclic amines) is 1. The molecule has 1 saturated carbocycles. The van der Waals surface area contributed by atoms with Crippen molar-refractivity contribution in [1.82, 2.24) is 20.9 Å². The summed E-state index contributed by atoms with van der Waals surface area (Å²) in [5.74, 6) is 2.23. The maximum Gasteiger partial charge on any atom is 0.223 e. The molecule has 3 N–H and O–H groups in total. The van der Waals surface area contributed by atoms with Crippen molar-refractivity contribution in [3.05, 3.63) is 0 Å². The van der Waals surface area contributed by atoms with Crippen LogP contribution in [0.4, 0.5) is 0 Å². The van der Waals surface area contributed by atoms with Gasteiger partial charge in [-0.05, 0) is 64.6 Å². The number of nitrogens with zero attached hydrogens (tertiary/aromatic N) is 2. The van der Waals surface area contributed by atoms with Crippen LogP contribution in [0.15, 0.2) is 4.99 Å². The summed E-state index contributed by atoms with van der Waals surface area (Å²) in [4.78, 5) is 18.8. The number of rotatable bonds is 9. The molecule has 0 aromatic carbocycles. The number of halogens is 1. The van der Waals surface area contributed by atoms with Crippen LogP contribution in [0.1, 0.15) is 46.0 Å². The molecule has 146 valence electrons. The number of aliphatic imine (C=N–C) groups is 1. The smallest absolute Gasteiger partial charge is 0.223 e. The Morgan fingerprint density at radius 3 is 2.40 bits per heavy atom.